The number of hydrogen-bond acceptors (Lipinski definition) is 8. The van der Waals surface area contributed by atoms with Crippen molar-refractivity contribution in [1.29, 1.82) is 5.26 Å². The van der Waals surface area contributed by atoms with Crippen molar-refractivity contribution >= 4 is 22.6 Å². The molecule has 0 aliphatic heterocycles. The SMILES string of the molecule is Cn1nc(NCC#N)c2c(O)ccc(-c3ccc(C#CC(C)(C)O)nc3[C@H](Cc3cc(F)cc(F)c3)NC(=O)Cn3nc(C(F)F)c4c3C(F)(F)CC4)c21. The van der Waals surface area contributed by atoms with E-state index in [9.17, 15) is 41.4 Å². The van der Waals surface area contributed by atoms with Crippen molar-refractivity contribution in [2.75, 3.05) is 11.9 Å². The van der Waals surface area contributed by atoms with Crippen molar-refractivity contribution in [3.05, 3.63) is 88.0 Å². The average molecular weight is 751 g/mol. The minimum absolute atomic E-state index is 0.0552. The summed E-state index contributed by atoms with van der Waals surface area (Å²) in [5.41, 5.74) is -2.14. The van der Waals surface area contributed by atoms with Crippen LogP contribution < -0.4 is 10.6 Å². The zero-order valence-electron chi connectivity index (χ0n) is 29.0. The van der Waals surface area contributed by atoms with Gasteiger partial charge in [-0.1, -0.05) is 5.92 Å². The van der Waals surface area contributed by atoms with Gasteiger partial charge in [-0.25, -0.2) is 22.5 Å². The number of aliphatic hydroxyl groups is 1. The highest BCUT2D eigenvalue weighted by atomic mass is 19.3. The summed E-state index contributed by atoms with van der Waals surface area (Å²) in [5, 5.41) is 44.1. The van der Waals surface area contributed by atoms with E-state index in [1.165, 1.54) is 36.7 Å². The van der Waals surface area contributed by atoms with Gasteiger partial charge in [0.15, 0.2) is 5.82 Å². The molecule has 3 aromatic heterocycles. The molecule has 0 saturated heterocycles. The first-order valence-corrected chi connectivity index (χ1v) is 16.5. The van der Waals surface area contributed by atoms with E-state index in [4.69, 9.17) is 10.2 Å². The number of nitrogens with one attached hydrogen (secondary N) is 2. The second-order valence-electron chi connectivity index (χ2n) is 13.3. The molecule has 280 valence electrons. The zero-order chi connectivity index (χ0) is 39.1. The van der Waals surface area contributed by atoms with Gasteiger partial charge in [0.2, 0.25) is 5.91 Å². The van der Waals surface area contributed by atoms with E-state index in [1.807, 2.05) is 6.07 Å². The Labute approximate surface area is 304 Å². The minimum Gasteiger partial charge on any atom is -0.507 e. The molecular formula is C37H32F6N8O3. The molecule has 11 nitrogen and oxygen atoms in total. The monoisotopic (exact) mass is 750 g/mol. The van der Waals surface area contributed by atoms with Crippen molar-refractivity contribution in [2.24, 2.45) is 7.05 Å². The fraction of sp³-hybridized carbons (Fsp3) is 0.324. The van der Waals surface area contributed by atoms with Crippen LogP contribution in [0.4, 0.5) is 32.2 Å². The van der Waals surface area contributed by atoms with Crippen molar-refractivity contribution in [2.45, 2.75) is 63.6 Å². The summed E-state index contributed by atoms with van der Waals surface area (Å²) in [4.78, 5) is 18.5. The molecule has 2 aromatic carbocycles. The lowest BCUT2D eigenvalue weighted by Gasteiger charge is -2.23. The van der Waals surface area contributed by atoms with Crippen LogP contribution in [0.3, 0.4) is 0 Å². The Kier molecular flexibility index (Phi) is 10.0. The number of phenolic OH excluding ortho intramolecular Hbond substituents is 1. The summed E-state index contributed by atoms with van der Waals surface area (Å²) in [6.07, 6.45) is -4.58. The molecule has 3 heterocycles. The highest BCUT2D eigenvalue weighted by Crippen LogP contribution is 2.45. The molecule has 0 fully saturated rings. The molecule has 0 radical (unpaired) electrons. The zero-order valence-corrected chi connectivity index (χ0v) is 29.0. The first-order chi connectivity index (χ1) is 25.5. The van der Waals surface area contributed by atoms with Crippen LogP contribution in [-0.4, -0.2) is 52.8 Å². The van der Waals surface area contributed by atoms with Gasteiger partial charge in [0.05, 0.1) is 28.7 Å². The second kappa shape index (κ2) is 14.4. The topological polar surface area (TPSA) is 154 Å². The van der Waals surface area contributed by atoms with Crippen LogP contribution in [0.5, 0.6) is 5.75 Å². The summed E-state index contributed by atoms with van der Waals surface area (Å²) < 4.78 is 88.4. The Bertz CT molecular complexity index is 2360. The molecule has 17 heteroatoms. The molecule has 6 rings (SSSR count). The van der Waals surface area contributed by atoms with Crippen LogP contribution >= 0.6 is 0 Å². The van der Waals surface area contributed by atoms with Gasteiger partial charge in [-0.05, 0) is 74.6 Å². The molecule has 0 saturated carbocycles. The number of anilines is 1. The predicted octanol–water partition coefficient (Wildman–Crippen LogP) is 5.95. The van der Waals surface area contributed by atoms with Crippen molar-refractivity contribution < 1.29 is 41.4 Å². The van der Waals surface area contributed by atoms with Crippen molar-refractivity contribution in [3.63, 3.8) is 0 Å². The largest absolute Gasteiger partial charge is 0.507 e. The number of carbonyl (C=O) groups is 1. The van der Waals surface area contributed by atoms with E-state index in [1.54, 1.807) is 13.1 Å². The van der Waals surface area contributed by atoms with E-state index in [-0.39, 0.29) is 58.9 Å². The van der Waals surface area contributed by atoms with Crippen LogP contribution in [-0.2, 0) is 37.2 Å². The number of nitrogens with zero attached hydrogens (tertiary/aromatic N) is 6. The molecule has 4 N–H and O–H groups in total. The Morgan fingerprint density at radius 3 is 2.44 bits per heavy atom. The van der Waals surface area contributed by atoms with Gasteiger partial charge in [-0.3, -0.25) is 14.2 Å². The summed E-state index contributed by atoms with van der Waals surface area (Å²) in [5.74, 6) is -0.931. The third-order valence-electron chi connectivity index (χ3n) is 8.66. The molecule has 0 spiro atoms. The Hall–Kier alpha value is -6.07. The normalized spacial score (nSPS) is 14.0. The smallest absolute Gasteiger partial charge is 0.290 e. The fourth-order valence-electron chi connectivity index (χ4n) is 6.54. The maximum atomic E-state index is 14.9. The molecule has 5 aromatic rings. The average Bonchev–Trinajstić information content (AvgIpc) is 3.73. The fourth-order valence-corrected chi connectivity index (χ4v) is 6.54. The number of fused-ring (bicyclic) bond motifs is 2. The third-order valence-corrected chi connectivity index (χ3v) is 8.66. The Morgan fingerprint density at radius 2 is 1.78 bits per heavy atom. The predicted molar refractivity (Wildman–Crippen MR) is 183 cm³/mol. The number of pyridine rings is 1. The molecule has 1 amide bonds. The first kappa shape index (κ1) is 37.7. The van der Waals surface area contributed by atoms with Gasteiger partial charge in [0, 0.05) is 36.2 Å². The summed E-state index contributed by atoms with van der Waals surface area (Å²) in [6.45, 7) is 1.84. The van der Waals surface area contributed by atoms with E-state index >= 15 is 0 Å². The Balaban J connectivity index is 1.52. The molecule has 54 heavy (non-hydrogen) atoms. The van der Waals surface area contributed by atoms with E-state index < -0.39 is 65.9 Å². The van der Waals surface area contributed by atoms with Gasteiger partial charge < -0.3 is 20.8 Å². The van der Waals surface area contributed by atoms with Gasteiger partial charge in [0.1, 0.15) is 53.2 Å². The second-order valence-corrected chi connectivity index (χ2v) is 13.3. The number of phenols is 1. The number of alkyl halides is 4. The molecule has 0 bridgehead atoms. The van der Waals surface area contributed by atoms with Crippen LogP contribution in [0.2, 0.25) is 0 Å². The van der Waals surface area contributed by atoms with Gasteiger partial charge in [-0.2, -0.15) is 24.2 Å². The summed E-state index contributed by atoms with van der Waals surface area (Å²) >= 11 is 0. The maximum absolute atomic E-state index is 14.9. The minimum atomic E-state index is -3.52. The van der Waals surface area contributed by atoms with Gasteiger partial charge in [-0.15, -0.1) is 0 Å². The first-order valence-electron chi connectivity index (χ1n) is 16.5. The number of aryl methyl sites for hydroxylation is 1. The quantitative estimate of drug-likeness (QED) is 0.0777. The van der Waals surface area contributed by atoms with Gasteiger partial charge >= 0.3 is 0 Å². The number of amides is 1. The van der Waals surface area contributed by atoms with Gasteiger partial charge in [0.25, 0.3) is 12.3 Å². The van der Waals surface area contributed by atoms with Crippen molar-refractivity contribution in [1.82, 2.24) is 29.9 Å². The number of aromatic nitrogens is 5. The Morgan fingerprint density at radius 1 is 1.07 bits per heavy atom. The molecule has 1 aliphatic rings. The van der Waals surface area contributed by atoms with Crippen LogP contribution in [0, 0.1) is 34.8 Å². The van der Waals surface area contributed by atoms with Crippen LogP contribution in [0.1, 0.15) is 66.6 Å². The number of nitriles is 1. The maximum Gasteiger partial charge on any atom is 0.290 e. The lowest BCUT2D eigenvalue weighted by Crippen LogP contribution is -2.35. The van der Waals surface area contributed by atoms with Crippen LogP contribution in [0.15, 0.2) is 42.5 Å². The number of aromatic hydroxyl groups is 1. The molecule has 0 unspecified atom stereocenters. The highest BCUT2D eigenvalue weighted by Gasteiger charge is 2.46. The number of carbonyl (C=O) groups excluding carboxylic acids is 1. The number of hydrogen-bond donors (Lipinski definition) is 4. The highest BCUT2D eigenvalue weighted by molar-refractivity contribution is 6.04. The van der Waals surface area contributed by atoms with E-state index in [0.29, 0.717) is 27.4 Å². The van der Waals surface area contributed by atoms with E-state index in [2.05, 4.69) is 32.7 Å². The molecular weight excluding hydrogens is 718 g/mol. The lowest BCUT2D eigenvalue weighted by atomic mass is 9.93. The standard InChI is InChI=1S/C37H32F6N8O3/c1-36(2,54)10-8-22-4-5-23(24-6-7-27(52)29-32(24)50(3)49-35(29)45-13-12-44)30(46-22)26(16-19-14-20(38)17-21(39)15-19)47-28(53)18-51-33-25(9-11-37(33,42)43)31(48-51)34(40)41/h4-7,14-15,17,26,34,52,54H,9,11,13,16,18H2,1-3H3,(H,45,49)(H,47,53)/t26-/m0/s1. The van der Waals surface area contributed by atoms with E-state index in [0.717, 1.165) is 12.1 Å². The third kappa shape index (κ3) is 7.67. The van der Waals surface area contributed by atoms with Crippen molar-refractivity contribution in [3.8, 4) is 34.8 Å². The number of rotatable bonds is 10. The summed E-state index contributed by atoms with van der Waals surface area (Å²) in [7, 11) is 1.58. The number of halogens is 6. The molecule has 1 atom stereocenters. The summed E-state index contributed by atoms with van der Waals surface area (Å²) in [6, 6.07) is 9.38. The lowest BCUT2D eigenvalue weighted by molar-refractivity contribution is -0.122. The van der Waals surface area contributed by atoms with Crippen LogP contribution in [0.25, 0.3) is 22.0 Å². The number of benzene rings is 2. The molecule has 1 aliphatic carbocycles.